The maximum atomic E-state index is 12.6. The number of benzene rings is 2. The summed E-state index contributed by atoms with van der Waals surface area (Å²) in [4.78, 5) is 12.6. The third-order valence-electron chi connectivity index (χ3n) is 4.48. The van der Waals surface area contributed by atoms with E-state index < -0.39 is 0 Å². The second kappa shape index (κ2) is 7.23. The Morgan fingerprint density at radius 2 is 2.04 bits per heavy atom. The number of aryl methyl sites for hydroxylation is 1. The molecular weight excluding hydrogens is 346 g/mol. The van der Waals surface area contributed by atoms with Gasteiger partial charge in [-0.05, 0) is 44.2 Å². The van der Waals surface area contributed by atoms with Crippen molar-refractivity contribution in [3.05, 3.63) is 53.8 Å². The van der Waals surface area contributed by atoms with Crippen molar-refractivity contribution in [3.63, 3.8) is 0 Å². The molecule has 1 amide bonds. The first-order chi connectivity index (χ1) is 13.2. The van der Waals surface area contributed by atoms with Gasteiger partial charge in [-0.1, -0.05) is 12.1 Å². The fourth-order valence-corrected chi connectivity index (χ4v) is 3.12. The van der Waals surface area contributed by atoms with E-state index in [4.69, 9.17) is 18.6 Å². The number of ether oxygens (including phenoxy) is 3. The number of carbonyl (C=O) groups excluding carboxylic acids is 1. The molecule has 1 atom stereocenters. The normalized spacial score (nSPS) is 15.6. The number of amides is 1. The molecule has 2 aromatic carbocycles. The summed E-state index contributed by atoms with van der Waals surface area (Å²) in [5.41, 5.74) is 1.45. The lowest BCUT2D eigenvalue weighted by Gasteiger charge is -2.26. The number of fused-ring (bicyclic) bond motifs is 2. The Labute approximate surface area is 157 Å². The van der Waals surface area contributed by atoms with Crippen molar-refractivity contribution in [1.29, 1.82) is 0 Å². The zero-order valence-electron chi connectivity index (χ0n) is 15.3. The highest BCUT2D eigenvalue weighted by Crippen LogP contribution is 2.31. The lowest BCUT2D eigenvalue weighted by molar-refractivity contribution is 0.0774. The minimum absolute atomic E-state index is 0.252. The highest BCUT2D eigenvalue weighted by atomic mass is 16.6. The van der Waals surface area contributed by atoms with E-state index in [-0.39, 0.29) is 12.0 Å². The van der Waals surface area contributed by atoms with Crippen LogP contribution >= 0.6 is 0 Å². The van der Waals surface area contributed by atoms with Crippen molar-refractivity contribution in [2.24, 2.45) is 0 Å². The van der Waals surface area contributed by atoms with E-state index in [1.54, 1.807) is 0 Å². The van der Waals surface area contributed by atoms with Crippen LogP contribution in [0.25, 0.3) is 11.0 Å². The van der Waals surface area contributed by atoms with Crippen LogP contribution in [0, 0.1) is 6.92 Å². The van der Waals surface area contributed by atoms with Gasteiger partial charge in [-0.25, -0.2) is 0 Å². The molecule has 0 spiro atoms. The molecule has 6 nitrogen and oxygen atoms in total. The number of rotatable bonds is 5. The lowest BCUT2D eigenvalue weighted by Crippen LogP contribution is -2.40. The molecule has 1 N–H and O–H groups in total. The number of para-hydroxylation sites is 2. The highest BCUT2D eigenvalue weighted by Gasteiger charge is 2.23. The summed E-state index contributed by atoms with van der Waals surface area (Å²) in [6.07, 6.45) is -0.252. The van der Waals surface area contributed by atoms with E-state index >= 15 is 0 Å². The maximum Gasteiger partial charge on any atom is 0.287 e. The summed E-state index contributed by atoms with van der Waals surface area (Å²) in [5, 5.41) is 3.74. The molecule has 0 unspecified atom stereocenters. The smallest absolute Gasteiger partial charge is 0.287 e. The van der Waals surface area contributed by atoms with Crippen molar-refractivity contribution in [1.82, 2.24) is 5.32 Å². The largest absolute Gasteiger partial charge is 0.494 e. The fourth-order valence-electron chi connectivity index (χ4n) is 3.12. The molecule has 0 fully saturated rings. The number of furan rings is 1. The summed E-state index contributed by atoms with van der Waals surface area (Å²) in [5.74, 6) is 2.19. The average molecular weight is 367 g/mol. The van der Waals surface area contributed by atoms with Crippen LogP contribution in [0.4, 0.5) is 0 Å². The van der Waals surface area contributed by atoms with E-state index in [0.29, 0.717) is 36.9 Å². The minimum atomic E-state index is -0.274. The number of hydrogen-bond acceptors (Lipinski definition) is 5. The van der Waals surface area contributed by atoms with Crippen LogP contribution in [0.3, 0.4) is 0 Å². The molecule has 140 valence electrons. The van der Waals surface area contributed by atoms with E-state index in [9.17, 15) is 4.79 Å². The molecule has 0 radical (unpaired) electrons. The Hall–Kier alpha value is -3.15. The van der Waals surface area contributed by atoms with Crippen LogP contribution in [0.2, 0.25) is 0 Å². The summed E-state index contributed by atoms with van der Waals surface area (Å²) in [6, 6.07) is 13.0. The average Bonchev–Trinajstić information content (AvgIpc) is 3.02. The maximum absolute atomic E-state index is 12.6. The zero-order valence-corrected chi connectivity index (χ0v) is 15.3. The molecule has 0 bridgehead atoms. The monoisotopic (exact) mass is 367 g/mol. The Bertz CT molecular complexity index is 978. The fraction of sp³-hybridized carbons (Fsp3) is 0.286. The van der Waals surface area contributed by atoms with Crippen molar-refractivity contribution < 1.29 is 23.4 Å². The Morgan fingerprint density at radius 3 is 2.85 bits per heavy atom. The highest BCUT2D eigenvalue weighted by molar-refractivity contribution is 5.99. The van der Waals surface area contributed by atoms with Gasteiger partial charge in [-0.2, -0.15) is 0 Å². The molecule has 2 heterocycles. The molecular formula is C21H21NO5. The molecule has 1 aliphatic rings. The van der Waals surface area contributed by atoms with Gasteiger partial charge < -0.3 is 23.9 Å². The van der Waals surface area contributed by atoms with Crippen molar-refractivity contribution in [2.45, 2.75) is 20.0 Å². The molecule has 0 aliphatic carbocycles. The molecule has 27 heavy (non-hydrogen) atoms. The summed E-state index contributed by atoms with van der Waals surface area (Å²) in [6.45, 7) is 5.10. The molecule has 3 aromatic rings. The third kappa shape index (κ3) is 3.43. The van der Waals surface area contributed by atoms with Crippen LogP contribution < -0.4 is 19.5 Å². The number of nitrogens with one attached hydrogen (secondary N) is 1. The van der Waals surface area contributed by atoms with Gasteiger partial charge in [0, 0.05) is 10.9 Å². The van der Waals surface area contributed by atoms with Gasteiger partial charge in [0.2, 0.25) is 0 Å². The van der Waals surface area contributed by atoms with Gasteiger partial charge in [0.25, 0.3) is 5.91 Å². The van der Waals surface area contributed by atoms with Crippen LogP contribution in [0.15, 0.2) is 46.9 Å². The summed E-state index contributed by atoms with van der Waals surface area (Å²) in [7, 11) is 0. The SMILES string of the molecule is CCOc1ccc2oc(C(=O)NC[C@@H]3COc4ccccc4O3)c(C)c2c1. The van der Waals surface area contributed by atoms with Gasteiger partial charge >= 0.3 is 0 Å². The second-order valence-corrected chi connectivity index (χ2v) is 6.35. The van der Waals surface area contributed by atoms with E-state index in [1.807, 2.05) is 56.3 Å². The predicted octanol–water partition coefficient (Wildman–Crippen LogP) is 3.71. The quantitative estimate of drug-likeness (QED) is 0.744. The first-order valence-corrected chi connectivity index (χ1v) is 8.98. The molecule has 0 saturated carbocycles. The van der Waals surface area contributed by atoms with Gasteiger partial charge in [0.15, 0.2) is 17.3 Å². The molecule has 6 heteroatoms. The van der Waals surface area contributed by atoms with Crippen molar-refractivity contribution >= 4 is 16.9 Å². The van der Waals surface area contributed by atoms with E-state index in [0.717, 1.165) is 22.4 Å². The zero-order chi connectivity index (χ0) is 18.8. The standard InChI is InChI=1S/C21H21NO5/c1-3-24-14-8-9-17-16(10-14)13(2)20(27-17)21(23)22-11-15-12-25-18-6-4-5-7-19(18)26-15/h4-10,15H,3,11-12H2,1-2H3,(H,22,23)/t15-/m1/s1. The van der Waals surface area contributed by atoms with Crippen LogP contribution in [-0.2, 0) is 0 Å². The number of hydrogen-bond donors (Lipinski definition) is 1. The first kappa shape index (κ1) is 17.3. The Morgan fingerprint density at radius 1 is 1.22 bits per heavy atom. The molecule has 4 rings (SSSR count). The van der Waals surface area contributed by atoms with Crippen LogP contribution in [0.1, 0.15) is 23.0 Å². The van der Waals surface area contributed by atoms with Gasteiger partial charge in [0.1, 0.15) is 24.0 Å². The Balaban J connectivity index is 1.45. The molecule has 0 saturated heterocycles. The van der Waals surface area contributed by atoms with Crippen molar-refractivity contribution in [2.75, 3.05) is 19.8 Å². The third-order valence-corrected chi connectivity index (χ3v) is 4.48. The lowest BCUT2D eigenvalue weighted by atomic mass is 10.1. The summed E-state index contributed by atoms with van der Waals surface area (Å²) < 4.78 is 22.8. The van der Waals surface area contributed by atoms with E-state index in [1.165, 1.54) is 0 Å². The van der Waals surface area contributed by atoms with Crippen molar-refractivity contribution in [3.8, 4) is 17.2 Å². The molecule has 1 aliphatic heterocycles. The minimum Gasteiger partial charge on any atom is -0.494 e. The van der Waals surface area contributed by atoms with Gasteiger partial charge in [-0.3, -0.25) is 4.79 Å². The van der Waals surface area contributed by atoms with Crippen LogP contribution in [-0.4, -0.2) is 31.8 Å². The first-order valence-electron chi connectivity index (χ1n) is 8.98. The molecule has 1 aromatic heterocycles. The topological polar surface area (TPSA) is 69.9 Å². The Kier molecular flexibility index (Phi) is 4.62. The second-order valence-electron chi connectivity index (χ2n) is 6.35. The van der Waals surface area contributed by atoms with E-state index in [2.05, 4.69) is 5.32 Å². The summed E-state index contributed by atoms with van der Waals surface area (Å²) >= 11 is 0. The number of carbonyl (C=O) groups is 1. The van der Waals surface area contributed by atoms with Gasteiger partial charge in [0.05, 0.1) is 13.2 Å². The van der Waals surface area contributed by atoms with Crippen LogP contribution in [0.5, 0.6) is 17.2 Å². The predicted molar refractivity (Wildman–Crippen MR) is 101 cm³/mol. The van der Waals surface area contributed by atoms with Gasteiger partial charge in [-0.15, -0.1) is 0 Å².